The van der Waals surface area contributed by atoms with E-state index < -0.39 is 29.6 Å². The van der Waals surface area contributed by atoms with Crippen molar-refractivity contribution in [2.24, 2.45) is 4.99 Å². The number of hydrogen-bond donors (Lipinski definition) is 3. The van der Waals surface area contributed by atoms with E-state index in [4.69, 9.17) is 9.57 Å². The SMILES string of the molecule is C/C=C(\C=C(/C(=O)CCc1ccc(C2=NC(c3ccc(NC(=O)OC(C)(C)C)cc3)ON2)c(F)c1)C(=O)NC)c1ccc(C)c(C)c1.C=C. The van der Waals surface area contributed by atoms with Crippen LogP contribution < -0.4 is 16.1 Å². The minimum atomic E-state index is -0.724. The van der Waals surface area contributed by atoms with Gasteiger partial charge in [-0.1, -0.05) is 42.5 Å². The summed E-state index contributed by atoms with van der Waals surface area (Å²) in [6.45, 7) is 17.2. The molecule has 0 fully saturated rings. The predicted molar refractivity (Wildman–Crippen MR) is 192 cm³/mol. The number of rotatable bonds is 10. The third-order valence-electron chi connectivity index (χ3n) is 7.51. The number of benzene rings is 3. The van der Waals surface area contributed by atoms with Crippen molar-refractivity contribution in [3.05, 3.63) is 131 Å². The monoisotopic (exact) mass is 668 g/mol. The van der Waals surface area contributed by atoms with E-state index in [9.17, 15) is 14.4 Å². The lowest BCUT2D eigenvalue weighted by molar-refractivity contribution is -0.122. The molecule has 258 valence electrons. The second kappa shape index (κ2) is 17.2. The average Bonchev–Trinajstić information content (AvgIpc) is 3.55. The minimum Gasteiger partial charge on any atom is -0.444 e. The summed E-state index contributed by atoms with van der Waals surface area (Å²) in [5.41, 5.74) is 8.08. The number of aliphatic imine (C=N–C) groups is 1. The zero-order valence-corrected chi connectivity index (χ0v) is 29.2. The molecule has 1 atom stereocenters. The molecule has 0 aromatic heterocycles. The highest BCUT2D eigenvalue weighted by Gasteiger charge is 2.24. The maximum Gasteiger partial charge on any atom is 0.412 e. The molecule has 0 saturated carbocycles. The standard InChI is InChI=1S/C37H41FN4O5.C2H4/c1-8-25(27-12-9-22(2)23(3)19-27)21-30(34(44)39-7)32(43)18-11-24-10-17-29(31(38)20-24)33-41-35(47-42-33)26-13-15-28(16-14-26)40-36(45)46-37(4,5)6;1-2/h8-10,12-17,19-21,35H,11,18H2,1-7H3,(H,39,44)(H,40,45)(H,41,42);1-2H2/b25-8+,30-21+;. The molecule has 0 aliphatic carbocycles. The van der Waals surface area contributed by atoms with Crippen LogP contribution in [-0.4, -0.2) is 36.3 Å². The van der Waals surface area contributed by atoms with Crippen LogP contribution in [0.4, 0.5) is 14.9 Å². The molecule has 0 radical (unpaired) electrons. The van der Waals surface area contributed by atoms with Gasteiger partial charge in [0.05, 0.1) is 11.1 Å². The van der Waals surface area contributed by atoms with E-state index in [2.05, 4.69) is 34.3 Å². The summed E-state index contributed by atoms with van der Waals surface area (Å²) in [6.07, 6.45) is 2.44. The highest BCUT2D eigenvalue weighted by molar-refractivity contribution is 6.20. The fourth-order valence-electron chi connectivity index (χ4n) is 4.82. The van der Waals surface area contributed by atoms with Gasteiger partial charge in [0.25, 0.3) is 5.91 Å². The number of allylic oxidation sites excluding steroid dienone is 3. The highest BCUT2D eigenvalue weighted by atomic mass is 19.1. The molecule has 4 rings (SSSR count). The summed E-state index contributed by atoms with van der Waals surface area (Å²) >= 11 is 0. The molecule has 1 aliphatic heterocycles. The third kappa shape index (κ3) is 10.6. The number of nitrogens with zero attached hydrogens (tertiary/aromatic N) is 1. The maximum absolute atomic E-state index is 15.3. The van der Waals surface area contributed by atoms with Gasteiger partial charge in [-0.05, 0) is 106 Å². The minimum absolute atomic E-state index is 0.0190. The number of ether oxygens (including phenoxy) is 1. The Bertz CT molecular complexity index is 1770. The normalized spacial score (nSPS) is 14.5. The Kier molecular flexibility index (Phi) is 13.3. The molecule has 0 bridgehead atoms. The maximum atomic E-state index is 15.3. The van der Waals surface area contributed by atoms with E-state index in [-0.39, 0.29) is 35.6 Å². The number of Topliss-reactive ketones (excluding diaryl/α,β-unsaturated/α-hetero) is 1. The molecule has 2 amide bonds. The molecule has 0 spiro atoms. The van der Waals surface area contributed by atoms with E-state index >= 15 is 4.39 Å². The van der Waals surface area contributed by atoms with Crippen molar-refractivity contribution >= 4 is 34.9 Å². The number of carbonyl (C=O) groups is 3. The van der Waals surface area contributed by atoms with Crippen molar-refractivity contribution < 1.29 is 28.3 Å². The van der Waals surface area contributed by atoms with Crippen LogP contribution in [0.25, 0.3) is 5.57 Å². The molecular weight excluding hydrogens is 623 g/mol. The Hall–Kier alpha value is -5.35. The largest absolute Gasteiger partial charge is 0.444 e. The lowest BCUT2D eigenvalue weighted by atomic mass is 9.95. The summed E-state index contributed by atoms with van der Waals surface area (Å²) in [4.78, 5) is 48.0. The van der Waals surface area contributed by atoms with Crippen LogP contribution in [0.1, 0.15) is 73.7 Å². The number of carbonyl (C=O) groups excluding carboxylic acids is 3. The number of likely N-dealkylation sites (N-methyl/N-ethyl adjacent to an activating group) is 1. The average molecular weight is 669 g/mol. The van der Waals surface area contributed by atoms with Crippen molar-refractivity contribution in [2.45, 2.75) is 66.2 Å². The number of amides is 2. The molecule has 3 aromatic carbocycles. The fourth-order valence-corrected chi connectivity index (χ4v) is 4.82. The van der Waals surface area contributed by atoms with Gasteiger partial charge in [0, 0.05) is 24.7 Å². The molecule has 1 heterocycles. The number of halogens is 1. The molecule has 49 heavy (non-hydrogen) atoms. The lowest BCUT2D eigenvalue weighted by Crippen LogP contribution is -2.27. The van der Waals surface area contributed by atoms with E-state index in [0.717, 1.165) is 22.3 Å². The Labute approximate surface area is 288 Å². The Morgan fingerprint density at radius 1 is 1.02 bits per heavy atom. The van der Waals surface area contributed by atoms with Gasteiger partial charge < -0.3 is 10.1 Å². The van der Waals surface area contributed by atoms with E-state index in [1.165, 1.54) is 13.1 Å². The molecular formula is C39H45FN4O5. The molecule has 3 N–H and O–H groups in total. The number of hydroxylamine groups is 1. The van der Waals surface area contributed by atoms with Crippen molar-refractivity contribution in [1.82, 2.24) is 10.8 Å². The number of hydrogen-bond acceptors (Lipinski definition) is 7. The van der Waals surface area contributed by atoms with Crippen LogP contribution >= 0.6 is 0 Å². The van der Waals surface area contributed by atoms with Gasteiger partial charge in [-0.2, -0.15) is 0 Å². The molecule has 10 heteroatoms. The van der Waals surface area contributed by atoms with E-state index in [0.29, 0.717) is 16.8 Å². The topological polar surface area (TPSA) is 118 Å². The summed E-state index contributed by atoms with van der Waals surface area (Å²) < 4.78 is 20.5. The van der Waals surface area contributed by atoms with E-state index in [1.807, 2.05) is 45.0 Å². The first-order valence-electron chi connectivity index (χ1n) is 15.9. The summed E-state index contributed by atoms with van der Waals surface area (Å²) in [7, 11) is 1.48. The highest BCUT2D eigenvalue weighted by Crippen LogP contribution is 2.26. The van der Waals surface area contributed by atoms with Crippen LogP contribution in [0.2, 0.25) is 0 Å². The fraction of sp³-hybridized carbons (Fsp3) is 0.282. The quantitative estimate of drug-likeness (QED) is 0.0666. The van der Waals surface area contributed by atoms with Crippen LogP contribution in [0.3, 0.4) is 0 Å². The zero-order chi connectivity index (χ0) is 36.3. The summed E-state index contributed by atoms with van der Waals surface area (Å²) in [5, 5.41) is 5.22. The Morgan fingerprint density at radius 3 is 2.31 bits per heavy atom. The number of nitrogens with one attached hydrogen (secondary N) is 3. The van der Waals surface area contributed by atoms with Crippen molar-refractivity contribution in [3.8, 4) is 0 Å². The number of amidine groups is 1. The Morgan fingerprint density at radius 2 is 1.71 bits per heavy atom. The van der Waals surface area contributed by atoms with Gasteiger partial charge in [0.1, 0.15) is 11.4 Å². The second-order valence-electron chi connectivity index (χ2n) is 12.2. The van der Waals surface area contributed by atoms with Gasteiger partial charge in [0.15, 0.2) is 11.6 Å². The first-order valence-corrected chi connectivity index (χ1v) is 15.9. The summed E-state index contributed by atoms with van der Waals surface area (Å²) in [6, 6.07) is 17.5. The number of aryl methyl sites for hydroxylation is 3. The predicted octanol–water partition coefficient (Wildman–Crippen LogP) is 7.85. The molecule has 9 nitrogen and oxygen atoms in total. The van der Waals surface area contributed by atoms with E-state index in [1.54, 1.807) is 63.2 Å². The molecule has 1 aliphatic rings. The van der Waals surface area contributed by atoms with Gasteiger partial charge in [-0.25, -0.2) is 24.5 Å². The van der Waals surface area contributed by atoms with Crippen molar-refractivity contribution in [3.63, 3.8) is 0 Å². The van der Waals surface area contributed by atoms with Gasteiger partial charge in [0.2, 0.25) is 6.23 Å². The second-order valence-corrected chi connectivity index (χ2v) is 12.2. The summed E-state index contributed by atoms with van der Waals surface area (Å²) in [5.74, 6) is -1.13. The smallest absolute Gasteiger partial charge is 0.412 e. The number of anilines is 1. The lowest BCUT2D eigenvalue weighted by Gasteiger charge is -2.19. The Balaban J connectivity index is 0.00000319. The van der Waals surface area contributed by atoms with Crippen LogP contribution in [-0.2, 0) is 25.6 Å². The number of ketones is 1. The first-order chi connectivity index (χ1) is 23.3. The van der Waals surface area contributed by atoms with Crippen LogP contribution in [0, 0.1) is 19.7 Å². The molecule has 0 saturated heterocycles. The van der Waals surface area contributed by atoms with Gasteiger partial charge in [-0.15, -0.1) is 13.2 Å². The van der Waals surface area contributed by atoms with Crippen molar-refractivity contribution in [2.75, 3.05) is 12.4 Å². The van der Waals surface area contributed by atoms with Gasteiger partial charge >= 0.3 is 6.09 Å². The molecule has 1 unspecified atom stereocenters. The third-order valence-corrected chi connectivity index (χ3v) is 7.51. The first kappa shape index (κ1) is 38.1. The van der Waals surface area contributed by atoms with Crippen LogP contribution in [0.5, 0.6) is 0 Å². The molecule has 3 aromatic rings. The zero-order valence-electron chi connectivity index (χ0n) is 29.2. The van der Waals surface area contributed by atoms with Crippen molar-refractivity contribution in [1.29, 1.82) is 0 Å². The van der Waals surface area contributed by atoms with Crippen LogP contribution in [0.15, 0.2) is 96.5 Å². The van der Waals surface area contributed by atoms with Gasteiger partial charge in [-0.3, -0.25) is 14.9 Å².